The van der Waals surface area contributed by atoms with E-state index in [9.17, 15) is 0 Å². The lowest BCUT2D eigenvalue weighted by atomic mass is 10.3. The third-order valence-electron chi connectivity index (χ3n) is 3.02. The smallest absolute Gasteiger partial charge is 0.226 e. The van der Waals surface area contributed by atoms with Crippen LogP contribution in [0.2, 0.25) is 0 Å². The van der Waals surface area contributed by atoms with Gasteiger partial charge in [0.2, 0.25) is 5.95 Å². The highest BCUT2D eigenvalue weighted by molar-refractivity contribution is 5.93. The number of amidine groups is 1. The number of nitrogens with one attached hydrogen (secondary N) is 1. The van der Waals surface area contributed by atoms with Gasteiger partial charge in [0, 0.05) is 32.4 Å². The predicted octanol–water partition coefficient (Wildman–Crippen LogP) is -0.0974. The third kappa shape index (κ3) is 2.71. The molecule has 0 saturated carbocycles. The summed E-state index contributed by atoms with van der Waals surface area (Å²) >= 11 is 0. The van der Waals surface area contributed by atoms with Crippen molar-refractivity contribution in [1.29, 1.82) is 5.41 Å². The fourth-order valence-electron chi connectivity index (χ4n) is 1.91. The van der Waals surface area contributed by atoms with Gasteiger partial charge in [-0.15, -0.1) is 0 Å². The molecule has 1 aliphatic rings. The van der Waals surface area contributed by atoms with E-state index >= 15 is 0 Å². The van der Waals surface area contributed by atoms with Crippen LogP contribution in [0.4, 0.5) is 5.95 Å². The molecule has 0 amide bonds. The number of likely N-dealkylation sites (N-methyl/N-ethyl adjacent to an activating group) is 1. The van der Waals surface area contributed by atoms with E-state index in [4.69, 9.17) is 11.1 Å². The number of anilines is 1. The standard InChI is InChI=1S/C11H18N6/c1-2-16-5-7-17(8-6-16)11-14-4-3-9(15-11)10(12)13/h3-4H,2,5-8H2,1H3,(H3,12,13). The summed E-state index contributed by atoms with van der Waals surface area (Å²) in [5.41, 5.74) is 5.92. The van der Waals surface area contributed by atoms with E-state index in [1.807, 2.05) is 0 Å². The summed E-state index contributed by atoms with van der Waals surface area (Å²) in [6, 6.07) is 1.66. The minimum Gasteiger partial charge on any atom is -0.382 e. The van der Waals surface area contributed by atoms with Crippen LogP contribution in [-0.4, -0.2) is 53.4 Å². The molecule has 6 nitrogen and oxygen atoms in total. The molecule has 6 heteroatoms. The van der Waals surface area contributed by atoms with E-state index in [-0.39, 0.29) is 5.84 Å². The molecule has 0 bridgehead atoms. The van der Waals surface area contributed by atoms with Crippen LogP contribution < -0.4 is 10.6 Å². The van der Waals surface area contributed by atoms with Crippen molar-refractivity contribution in [2.24, 2.45) is 5.73 Å². The van der Waals surface area contributed by atoms with Crippen LogP contribution >= 0.6 is 0 Å². The van der Waals surface area contributed by atoms with Crippen LogP contribution in [0.1, 0.15) is 12.6 Å². The molecular weight excluding hydrogens is 216 g/mol. The lowest BCUT2D eigenvalue weighted by Gasteiger charge is -2.34. The van der Waals surface area contributed by atoms with E-state index in [0.717, 1.165) is 32.7 Å². The summed E-state index contributed by atoms with van der Waals surface area (Å²) in [6.45, 7) is 7.17. The molecule has 1 aromatic rings. The summed E-state index contributed by atoms with van der Waals surface area (Å²) in [5, 5.41) is 7.37. The molecule has 1 saturated heterocycles. The van der Waals surface area contributed by atoms with Gasteiger partial charge in [-0.25, -0.2) is 9.97 Å². The van der Waals surface area contributed by atoms with Gasteiger partial charge in [-0.1, -0.05) is 6.92 Å². The van der Waals surface area contributed by atoms with Crippen LogP contribution in [0, 0.1) is 5.41 Å². The molecular formula is C11H18N6. The second-order valence-corrected chi connectivity index (χ2v) is 4.08. The molecule has 17 heavy (non-hydrogen) atoms. The first kappa shape index (κ1) is 11.8. The van der Waals surface area contributed by atoms with Crippen LogP contribution in [-0.2, 0) is 0 Å². The lowest BCUT2D eigenvalue weighted by Crippen LogP contribution is -2.46. The summed E-state index contributed by atoms with van der Waals surface area (Å²) in [4.78, 5) is 13.1. The largest absolute Gasteiger partial charge is 0.382 e. The molecule has 3 N–H and O–H groups in total. The SMILES string of the molecule is CCN1CCN(c2nccc(C(=N)N)n2)CC1. The fraction of sp³-hybridized carbons (Fsp3) is 0.545. The minimum atomic E-state index is -0.0131. The Bertz CT molecular complexity index is 397. The zero-order valence-corrected chi connectivity index (χ0v) is 10.1. The Balaban J connectivity index is 2.08. The maximum absolute atomic E-state index is 7.37. The van der Waals surface area contributed by atoms with Gasteiger partial charge in [-0.2, -0.15) is 0 Å². The van der Waals surface area contributed by atoms with Gasteiger partial charge < -0.3 is 15.5 Å². The van der Waals surface area contributed by atoms with Gasteiger partial charge >= 0.3 is 0 Å². The fourth-order valence-corrected chi connectivity index (χ4v) is 1.91. The summed E-state index contributed by atoms with van der Waals surface area (Å²) in [6.07, 6.45) is 1.66. The number of nitrogens with two attached hydrogens (primary N) is 1. The molecule has 0 unspecified atom stereocenters. The Kier molecular flexibility index (Phi) is 3.53. The van der Waals surface area contributed by atoms with Gasteiger partial charge in [0.15, 0.2) is 0 Å². The lowest BCUT2D eigenvalue weighted by molar-refractivity contribution is 0.270. The zero-order chi connectivity index (χ0) is 12.3. The molecule has 0 spiro atoms. The highest BCUT2D eigenvalue weighted by Gasteiger charge is 2.18. The summed E-state index contributed by atoms with van der Waals surface area (Å²) in [5.74, 6) is 0.661. The normalized spacial score (nSPS) is 17.1. The number of nitrogens with zero attached hydrogens (tertiary/aromatic N) is 4. The van der Waals surface area contributed by atoms with Crippen molar-refractivity contribution in [3.63, 3.8) is 0 Å². The Morgan fingerprint density at radius 3 is 2.71 bits per heavy atom. The molecule has 1 aromatic heterocycles. The van der Waals surface area contributed by atoms with Crippen LogP contribution in [0.3, 0.4) is 0 Å². The zero-order valence-electron chi connectivity index (χ0n) is 10.1. The molecule has 2 rings (SSSR count). The van der Waals surface area contributed by atoms with Crippen LogP contribution in [0.5, 0.6) is 0 Å². The van der Waals surface area contributed by atoms with E-state index in [2.05, 4.69) is 26.7 Å². The summed E-state index contributed by atoms with van der Waals surface area (Å²) in [7, 11) is 0. The average molecular weight is 234 g/mol. The number of nitrogen functional groups attached to an aromatic ring is 1. The van der Waals surface area contributed by atoms with Crippen molar-refractivity contribution in [2.75, 3.05) is 37.6 Å². The number of rotatable bonds is 3. The second kappa shape index (κ2) is 5.09. The quantitative estimate of drug-likeness (QED) is 0.564. The second-order valence-electron chi connectivity index (χ2n) is 4.08. The Morgan fingerprint density at radius 1 is 1.41 bits per heavy atom. The van der Waals surface area contributed by atoms with Gasteiger partial charge in [-0.05, 0) is 12.6 Å². The highest BCUT2D eigenvalue weighted by atomic mass is 15.3. The van der Waals surface area contributed by atoms with E-state index < -0.39 is 0 Å². The van der Waals surface area contributed by atoms with Crippen LogP contribution in [0.15, 0.2) is 12.3 Å². The monoisotopic (exact) mass is 234 g/mol. The van der Waals surface area contributed by atoms with Gasteiger partial charge in [0.25, 0.3) is 0 Å². The molecule has 1 aliphatic heterocycles. The molecule has 92 valence electrons. The van der Waals surface area contributed by atoms with Crippen molar-refractivity contribution in [3.8, 4) is 0 Å². The van der Waals surface area contributed by atoms with Gasteiger partial charge in [0.05, 0.1) is 0 Å². The Hall–Kier alpha value is -1.69. The van der Waals surface area contributed by atoms with Crippen molar-refractivity contribution in [1.82, 2.24) is 14.9 Å². The number of aromatic nitrogens is 2. The Morgan fingerprint density at radius 2 is 2.12 bits per heavy atom. The molecule has 0 radical (unpaired) electrons. The first-order valence-electron chi connectivity index (χ1n) is 5.85. The number of piperazine rings is 1. The van der Waals surface area contributed by atoms with Gasteiger partial charge in [0.1, 0.15) is 11.5 Å². The molecule has 0 atom stereocenters. The van der Waals surface area contributed by atoms with Crippen molar-refractivity contribution < 1.29 is 0 Å². The first-order chi connectivity index (χ1) is 8.20. The predicted molar refractivity (Wildman–Crippen MR) is 67.4 cm³/mol. The van der Waals surface area contributed by atoms with Gasteiger partial charge in [-0.3, -0.25) is 5.41 Å². The van der Waals surface area contributed by atoms with Crippen LogP contribution in [0.25, 0.3) is 0 Å². The molecule has 0 aromatic carbocycles. The summed E-state index contributed by atoms with van der Waals surface area (Å²) < 4.78 is 0. The maximum atomic E-state index is 7.37. The van der Waals surface area contributed by atoms with E-state index in [1.165, 1.54) is 0 Å². The van der Waals surface area contributed by atoms with Crippen molar-refractivity contribution >= 4 is 11.8 Å². The number of hydrogen-bond acceptors (Lipinski definition) is 5. The van der Waals surface area contributed by atoms with E-state index in [1.54, 1.807) is 12.3 Å². The minimum absolute atomic E-state index is 0.0131. The first-order valence-corrected chi connectivity index (χ1v) is 5.85. The molecule has 0 aliphatic carbocycles. The van der Waals surface area contributed by atoms with Crippen molar-refractivity contribution in [3.05, 3.63) is 18.0 Å². The van der Waals surface area contributed by atoms with E-state index in [0.29, 0.717) is 11.6 Å². The third-order valence-corrected chi connectivity index (χ3v) is 3.02. The number of hydrogen-bond donors (Lipinski definition) is 2. The Labute approximate surface area is 101 Å². The topological polar surface area (TPSA) is 82.1 Å². The molecule has 2 heterocycles. The molecule has 1 fully saturated rings. The van der Waals surface area contributed by atoms with Crippen molar-refractivity contribution in [2.45, 2.75) is 6.92 Å². The maximum Gasteiger partial charge on any atom is 0.226 e. The highest BCUT2D eigenvalue weighted by Crippen LogP contribution is 2.10. The average Bonchev–Trinajstić information content (AvgIpc) is 2.39.